The molecule has 1 amide bonds. The molecule has 2 aromatic rings. The number of aromatic nitrogens is 3. The highest BCUT2D eigenvalue weighted by atomic mass is 16.5. The van der Waals surface area contributed by atoms with Crippen molar-refractivity contribution in [1.82, 2.24) is 25.0 Å². The predicted molar refractivity (Wildman–Crippen MR) is 108 cm³/mol. The van der Waals surface area contributed by atoms with Gasteiger partial charge in [0, 0.05) is 95.6 Å². The minimum Gasteiger partial charge on any atom is -0.383 e. The number of hydrogen-bond acceptors (Lipinski definition) is 6. The Balaban J connectivity index is 1.70. The summed E-state index contributed by atoms with van der Waals surface area (Å²) in [6.45, 7) is 2.59. The van der Waals surface area contributed by atoms with E-state index in [1.165, 1.54) is 0 Å². The molecule has 1 aliphatic rings. The van der Waals surface area contributed by atoms with Gasteiger partial charge in [-0.2, -0.15) is 5.10 Å². The fraction of sp³-hybridized carbons (Fsp3) is 0.550. The maximum absolute atomic E-state index is 12.7. The van der Waals surface area contributed by atoms with E-state index in [9.17, 15) is 4.79 Å². The summed E-state index contributed by atoms with van der Waals surface area (Å²) in [5, 5.41) is 7.85. The summed E-state index contributed by atoms with van der Waals surface area (Å²) in [6, 6.07) is 2.03. The molecule has 0 aliphatic carbocycles. The zero-order valence-electron chi connectivity index (χ0n) is 17.1. The molecule has 152 valence electrons. The molecular formula is C20H30N6O2. The van der Waals surface area contributed by atoms with Gasteiger partial charge in [-0.15, -0.1) is 0 Å². The molecule has 8 heteroatoms. The molecule has 3 rings (SSSR count). The minimum absolute atomic E-state index is 0.0195. The zero-order valence-corrected chi connectivity index (χ0v) is 17.1. The summed E-state index contributed by atoms with van der Waals surface area (Å²) in [5.74, 6) is 0.362. The molecule has 0 spiro atoms. The van der Waals surface area contributed by atoms with Crippen molar-refractivity contribution in [1.29, 1.82) is 0 Å². The molecule has 2 aromatic heterocycles. The Bertz CT molecular complexity index is 791. The normalized spacial score (nSPS) is 19.4. The number of ether oxygens (including phenoxy) is 1. The van der Waals surface area contributed by atoms with E-state index < -0.39 is 0 Å². The fourth-order valence-electron chi connectivity index (χ4n) is 3.93. The van der Waals surface area contributed by atoms with Crippen molar-refractivity contribution in [2.24, 2.45) is 13.0 Å². The number of anilines is 1. The van der Waals surface area contributed by atoms with E-state index in [4.69, 9.17) is 4.74 Å². The number of hydrogen-bond donors (Lipinski definition) is 1. The first-order valence-electron chi connectivity index (χ1n) is 9.59. The van der Waals surface area contributed by atoms with E-state index >= 15 is 0 Å². The summed E-state index contributed by atoms with van der Waals surface area (Å²) in [4.78, 5) is 20.9. The molecule has 1 aliphatic heterocycles. The number of nitrogens with one attached hydrogen (secondary N) is 1. The van der Waals surface area contributed by atoms with E-state index in [1.807, 2.05) is 50.7 Å². The first-order chi connectivity index (χ1) is 13.5. The second-order valence-electron chi connectivity index (χ2n) is 7.47. The maximum Gasteiger partial charge on any atom is 0.223 e. The van der Waals surface area contributed by atoms with Crippen LogP contribution in [0.1, 0.15) is 23.6 Å². The van der Waals surface area contributed by atoms with Crippen LogP contribution in [0.2, 0.25) is 0 Å². The average molecular weight is 387 g/mol. The van der Waals surface area contributed by atoms with Crippen LogP contribution < -0.4 is 10.2 Å². The molecular weight excluding hydrogens is 356 g/mol. The molecule has 1 fully saturated rings. The first kappa shape index (κ1) is 20.3. The number of likely N-dealkylation sites (tertiary alicyclic amines) is 1. The van der Waals surface area contributed by atoms with Crippen molar-refractivity contribution in [2.75, 3.05) is 45.8 Å². The van der Waals surface area contributed by atoms with Crippen LogP contribution in [0.15, 0.2) is 30.9 Å². The Morgan fingerprint density at radius 3 is 2.86 bits per heavy atom. The standard InChI is InChI=1S/C20H30N6O2/c1-24(2)18-5-6-21-11-16(18)12-22-10-15-9-19(27)26(7-8-28-4)20(15)17-13-23-25(3)14-17/h5-6,11,13-15,20,22H,7-10,12H2,1-4H3/t15-,20+/m0/s1. The third-order valence-electron chi connectivity index (χ3n) is 5.22. The van der Waals surface area contributed by atoms with Gasteiger partial charge in [0.2, 0.25) is 5.91 Å². The van der Waals surface area contributed by atoms with Crippen molar-refractivity contribution < 1.29 is 9.53 Å². The average Bonchev–Trinajstić information content (AvgIpc) is 3.23. The lowest BCUT2D eigenvalue weighted by molar-refractivity contribution is -0.129. The molecule has 0 bridgehead atoms. The summed E-state index contributed by atoms with van der Waals surface area (Å²) in [7, 11) is 7.62. The Morgan fingerprint density at radius 1 is 1.36 bits per heavy atom. The molecule has 2 atom stereocenters. The Morgan fingerprint density at radius 2 is 2.18 bits per heavy atom. The maximum atomic E-state index is 12.7. The number of pyridine rings is 1. The second-order valence-corrected chi connectivity index (χ2v) is 7.47. The second kappa shape index (κ2) is 9.16. The van der Waals surface area contributed by atoms with Gasteiger partial charge in [0.25, 0.3) is 0 Å². The Kier molecular flexibility index (Phi) is 6.64. The Labute approximate surface area is 166 Å². The fourth-order valence-corrected chi connectivity index (χ4v) is 3.93. The molecule has 0 unspecified atom stereocenters. The van der Waals surface area contributed by atoms with Crippen LogP contribution in [0, 0.1) is 5.92 Å². The van der Waals surface area contributed by atoms with Gasteiger partial charge >= 0.3 is 0 Å². The number of methoxy groups -OCH3 is 1. The Hall–Kier alpha value is -2.45. The number of carbonyl (C=O) groups is 1. The molecule has 28 heavy (non-hydrogen) atoms. The van der Waals surface area contributed by atoms with E-state index in [1.54, 1.807) is 18.0 Å². The first-order valence-corrected chi connectivity index (χ1v) is 9.59. The third-order valence-corrected chi connectivity index (χ3v) is 5.22. The largest absolute Gasteiger partial charge is 0.383 e. The molecule has 0 radical (unpaired) electrons. The molecule has 3 heterocycles. The van der Waals surface area contributed by atoms with Gasteiger partial charge in [-0.25, -0.2) is 0 Å². The monoisotopic (exact) mass is 386 g/mol. The smallest absolute Gasteiger partial charge is 0.223 e. The van der Waals surface area contributed by atoms with E-state index in [2.05, 4.69) is 20.3 Å². The number of carbonyl (C=O) groups excluding carboxylic acids is 1. The highest BCUT2D eigenvalue weighted by Crippen LogP contribution is 2.37. The van der Waals surface area contributed by atoms with Crippen molar-refractivity contribution in [2.45, 2.75) is 19.0 Å². The van der Waals surface area contributed by atoms with Crippen LogP contribution in [0.5, 0.6) is 0 Å². The van der Waals surface area contributed by atoms with Gasteiger partial charge in [-0.05, 0) is 6.07 Å². The van der Waals surface area contributed by atoms with Gasteiger partial charge in [0.1, 0.15) is 0 Å². The van der Waals surface area contributed by atoms with E-state index in [0.717, 1.165) is 23.4 Å². The van der Waals surface area contributed by atoms with Gasteiger partial charge < -0.3 is 19.9 Å². The lowest BCUT2D eigenvalue weighted by Crippen LogP contribution is -2.33. The van der Waals surface area contributed by atoms with Gasteiger partial charge in [-0.1, -0.05) is 0 Å². The molecule has 1 N–H and O–H groups in total. The van der Waals surface area contributed by atoms with Crippen LogP contribution in [-0.2, 0) is 23.1 Å². The van der Waals surface area contributed by atoms with Crippen molar-refractivity contribution >= 4 is 11.6 Å². The zero-order chi connectivity index (χ0) is 20.1. The molecule has 1 saturated heterocycles. The molecule has 0 aromatic carbocycles. The van der Waals surface area contributed by atoms with Crippen LogP contribution >= 0.6 is 0 Å². The lowest BCUT2D eigenvalue weighted by Gasteiger charge is -2.27. The summed E-state index contributed by atoms with van der Waals surface area (Å²) >= 11 is 0. The SMILES string of the molecule is COCCN1C(=O)C[C@@H](CNCc2cnccc2N(C)C)[C@@H]1c1cnn(C)c1. The van der Waals surface area contributed by atoms with E-state index in [0.29, 0.717) is 26.1 Å². The van der Waals surface area contributed by atoms with Crippen molar-refractivity contribution in [3.63, 3.8) is 0 Å². The molecule has 8 nitrogen and oxygen atoms in total. The number of rotatable bonds is 9. The van der Waals surface area contributed by atoms with Crippen LogP contribution in [0.4, 0.5) is 5.69 Å². The van der Waals surface area contributed by atoms with Crippen LogP contribution in [-0.4, -0.2) is 66.5 Å². The highest BCUT2D eigenvalue weighted by molar-refractivity contribution is 5.79. The predicted octanol–water partition coefficient (Wildman–Crippen LogP) is 1.21. The van der Waals surface area contributed by atoms with Gasteiger partial charge in [-0.3, -0.25) is 14.5 Å². The van der Waals surface area contributed by atoms with E-state index in [-0.39, 0.29) is 17.9 Å². The number of aryl methyl sites for hydroxylation is 1. The van der Waals surface area contributed by atoms with Crippen LogP contribution in [0.25, 0.3) is 0 Å². The summed E-state index contributed by atoms with van der Waals surface area (Å²) in [5.41, 5.74) is 3.37. The number of nitrogens with zero attached hydrogens (tertiary/aromatic N) is 5. The van der Waals surface area contributed by atoms with Gasteiger partial charge in [0.15, 0.2) is 0 Å². The quantitative estimate of drug-likeness (QED) is 0.698. The van der Waals surface area contributed by atoms with Crippen molar-refractivity contribution in [3.8, 4) is 0 Å². The van der Waals surface area contributed by atoms with Gasteiger partial charge in [0.05, 0.1) is 18.8 Å². The topological polar surface area (TPSA) is 75.5 Å². The lowest BCUT2D eigenvalue weighted by atomic mass is 9.95. The summed E-state index contributed by atoms with van der Waals surface area (Å²) in [6.07, 6.45) is 8.10. The van der Waals surface area contributed by atoms with Crippen LogP contribution in [0.3, 0.4) is 0 Å². The van der Waals surface area contributed by atoms with Crippen molar-refractivity contribution in [3.05, 3.63) is 42.0 Å². The highest BCUT2D eigenvalue weighted by Gasteiger charge is 2.40. The summed E-state index contributed by atoms with van der Waals surface area (Å²) < 4.78 is 7.00. The minimum atomic E-state index is 0.0195. The third kappa shape index (κ3) is 4.51. The molecule has 0 saturated carbocycles. The number of amides is 1.